The molecule has 0 saturated carbocycles. The van der Waals surface area contributed by atoms with Crippen LogP contribution in [0, 0.1) is 5.21 Å². The highest BCUT2D eigenvalue weighted by Gasteiger charge is 2.46. The van der Waals surface area contributed by atoms with Crippen molar-refractivity contribution < 1.29 is 9.53 Å². The Morgan fingerprint density at radius 2 is 1.71 bits per heavy atom. The lowest BCUT2D eigenvalue weighted by Crippen LogP contribution is -2.50. The molecule has 0 radical (unpaired) electrons. The van der Waals surface area contributed by atoms with Gasteiger partial charge in [0.2, 0.25) is 0 Å². The topological polar surface area (TPSA) is 78.4 Å². The second-order valence-electron chi connectivity index (χ2n) is 8.77. The average Bonchev–Trinajstić information content (AvgIpc) is 3.35. The number of ether oxygens (including phenoxy) is 1. The molecule has 2 unspecified atom stereocenters. The van der Waals surface area contributed by atoms with Gasteiger partial charge >= 0.3 is 11.1 Å². The van der Waals surface area contributed by atoms with Gasteiger partial charge in [-0.25, -0.2) is 4.90 Å². The average molecular weight is 455 g/mol. The maximum absolute atomic E-state index is 13.9. The van der Waals surface area contributed by atoms with E-state index in [1.807, 2.05) is 0 Å². The van der Waals surface area contributed by atoms with Gasteiger partial charge in [-0.15, -0.1) is 5.10 Å². The fourth-order valence-electron chi connectivity index (χ4n) is 3.96. The van der Waals surface area contributed by atoms with Crippen LogP contribution in [0.1, 0.15) is 103 Å². The smallest absolute Gasteiger partial charge is 0.310 e. The number of carbonyl (C=O) groups excluding carboxylic acids is 1. The van der Waals surface area contributed by atoms with Gasteiger partial charge in [0.1, 0.15) is 11.7 Å². The summed E-state index contributed by atoms with van der Waals surface area (Å²) in [7, 11) is 0. The maximum Gasteiger partial charge on any atom is 0.310 e. The predicted octanol–water partition coefficient (Wildman–Crippen LogP) is 5.77. The summed E-state index contributed by atoms with van der Waals surface area (Å²) in [5.74, 6) is -0.270. The lowest BCUT2D eigenvalue weighted by atomic mass is 10.2. The zero-order valence-electron chi connectivity index (χ0n) is 19.8. The molecule has 0 amide bonds. The van der Waals surface area contributed by atoms with Crippen molar-refractivity contribution in [3.8, 4) is 0 Å². The number of carbonyl (C=O) groups is 1. The molecule has 7 nitrogen and oxygen atoms in total. The fourth-order valence-corrected chi connectivity index (χ4v) is 4.91. The molecule has 8 heteroatoms. The third-order valence-corrected chi connectivity index (χ3v) is 6.99. The number of hydrogen-bond acceptors (Lipinski definition) is 7. The number of rotatable bonds is 16. The Morgan fingerprint density at radius 3 is 2.42 bits per heavy atom. The Bertz CT molecular complexity index is 642. The van der Waals surface area contributed by atoms with E-state index < -0.39 is 10.9 Å². The van der Waals surface area contributed by atoms with Crippen LogP contribution in [0.2, 0.25) is 0 Å². The van der Waals surface area contributed by atoms with Crippen LogP contribution in [0.3, 0.4) is 0 Å². The molecule has 178 valence electrons. The minimum absolute atomic E-state index is 0.270. The lowest BCUT2D eigenvalue weighted by Gasteiger charge is -2.38. The van der Waals surface area contributed by atoms with Crippen LogP contribution in [0.15, 0.2) is 0 Å². The number of hydroxylamine groups is 2. The van der Waals surface area contributed by atoms with Crippen molar-refractivity contribution in [1.29, 1.82) is 0 Å². The Balaban J connectivity index is 2.03. The van der Waals surface area contributed by atoms with Crippen molar-refractivity contribution in [3.05, 3.63) is 10.2 Å². The molecular weight excluding hydrogens is 412 g/mol. The third kappa shape index (κ3) is 8.40. The molecule has 0 aliphatic carbocycles. The molecule has 0 N–H and O–H groups in total. The van der Waals surface area contributed by atoms with E-state index >= 15 is 0 Å². The highest BCUT2D eigenvalue weighted by molar-refractivity contribution is 7.15. The minimum atomic E-state index is -0.749. The number of unbranched alkanes of at least 4 members (excludes halogenated alkanes) is 8. The highest BCUT2D eigenvalue weighted by atomic mass is 32.1. The zero-order chi connectivity index (χ0) is 22.5. The van der Waals surface area contributed by atoms with Crippen LogP contribution >= 0.6 is 11.3 Å². The highest BCUT2D eigenvalue weighted by Crippen LogP contribution is 2.35. The zero-order valence-corrected chi connectivity index (χ0v) is 20.6. The van der Waals surface area contributed by atoms with Gasteiger partial charge < -0.3 is 9.94 Å². The summed E-state index contributed by atoms with van der Waals surface area (Å²) in [6.07, 6.45) is 12.6. The molecule has 1 aromatic heterocycles. The first-order valence-corrected chi connectivity index (χ1v) is 13.2. The Kier molecular flexibility index (Phi) is 11.9. The fraction of sp³-hybridized carbons (Fsp3) is 0.870. The molecule has 0 aromatic carbocycles. The van der Waals surface area contributed by atoms with Gasteiger partial charge in [-0.3, -0.25) is 9.44 Å². The molecule has 0 bridgehead atoms. The summed E-state index contributed by atoms with van der Waals surface area (Å²) < 4.78 is 5.02. The Hall–Kier alpha value is -1.09. The first-order valence-electron chi connectivity index (χ1n) is 12.4. The van der Waals surface area contributed by atoms with Gasteiger partial charge in [-0.1, -0.05) is 77.2 Å². The van der Waals surface area contributed by atoms with Gasteiger partial charge in [-0.05, 0) is 30.6 Å². The summed E-state index contributed by atoms with van der Waals surface area (Å²) >= 11 is 1.39. The molecule has 1 aliphatic rings. The van der Waals surface area contributed by atoms with E-state index in [1.54, 1.807) is 0 Å². The molecule has 2 heterocycles. The van der Waals surface area contributed by atoms with E-state index in [1.165, 1.54) is 43.4 Å². The number of aromatic nitrogens is 2. The number of nitrogens with zero attached hydrogens (tertiary/aromatic N) is 4. The lowest BCUT2D eigenvalue weighted by molar-refractivity contribution is -0.153. The maximum atomic E-state index is 13.9. The second-order valence-corrected chi connectivity index (χ2v) is 9.81. The predicted molar refractivity (Wildman–Crippen MR) is 128 cm³/mol. The van der Waals surface area contributed by atoms with Crippen molar-refractivity contribution >= 4 is 22.4 Å². The summed E-state index contributed by atoms with van der Waals surface area (Å²) in [6, 6.07) is 0. The van der Waals surface area contributed by atoms with E-state index in [0.29, 0.717) is 18.1 Å². The SMILES string of the molecule is CCCCCCc1nnc([N+]2([O-])CN(CCCCCC)CC2OC(=O)CCCCC)s1. The standard InChI is InChI=1S/C23H42N4O3S/c1-4-7-10-13-15-20-24-25-23(31-20)27(29)19-26(17-14-11-8-5-2)18-21(27)30-22(28)16-12-9-6-3/h21H,4-19H2,1-3H3. The monoisotopic (exact) mass is 454 g/mol. The van der Waals surface area contributed by atoms with Crippen LogP contribution in [-0.4, -0.2) is 47.1 Å². The molecule has 1 saturated heterocycles. The van der Waals surface area contributed by atoms with Gasteiger partial charge in [0.05, 0.1) is 6.54 Å². The summed E-state index contributed by atoms with van der Waals surface area (Å²) in [5.41, 5.74) is 0. The first-order chi connectivity index (χ1) is 15.0. The number of quaternary nitrogens is 1. The summed E-state index contributed by atoms with van der Waals surface area (Å²) in [5, 5.41) is 23.8. The van der Waals surface area contributed by atoms with E-state index in [0.717, 1.165) is 56.5 Å². The molecule has 1 aliphatic heterocycles. The number of hydrogen-bond donors (Lipinski definition) is 0. The molecular formula is C23H42N4O3S. The third-order valence-electron chi connectivity index (χ3n) is 5.89. The quantitative estimate of drug-likeness (QED) is 0.137. The summed E-state index contributed by atoms with van der Waals surface area (Å²) in [6.45, 7) is 8.10. The van der Waals surface area contributed by atoms with E-state index in [9.17, 15) is 10.0 Å². The van der Waals surface area contributed by atoms with Gasteiger partial charge in [-0.2, -0.15) is 0 Å². The number of aryl methyl sites for hydroxylation is 1. The van der Waals surface area contributed by atoms with Crippen molar-refractivity contribution in [3.63, 3.8) is 0 Å². The Labute approximate surface area is 192 Å². The van der Waals surface area contributed by atoms with Crippen LogP contribution in [0.5, 0.6) is 0 Å². The van der Waals surface area contributed by atoms with Crippen LogP contribution < -0.4 is 4.65 Å². The minimum Gasteiger partial charge on any atom is -0.622 e. The molecule has 2 atom stereocenters. The second kappa shape index (κ2) is 14.1. The van der Waals surface area contributed by atoms with Crippen LogP contribution in [0.4, 0.5) is 5.13 Å². The van der Waals surface area contributed by atoms with Crippen molar-refractivity contribution in [2.45, 2.75) is 110 Å². The molecule has 2 rings (SSSR count). The largest absolute Gasteiger partial charge is 0.622 e. The van der Waals surface area contributed by atoms with Crippen molar-refractivity contribution in [2.75, 3.05) is 19.8 Å². The normalized spacial score (nSPS) is 21.6. The molecule has 31 heavy (non-hydrogen) atoms. The van der Waals surface area contributed by atoms with E-state index in [4.69, 9.17) is 4.74 Å². The Morgan fingerprint density at radius 1 is 1.03 bits per heavy atom. The molecule has 1 fully saturated rings. The first kappa shape index (κ1) is 26.2. The van der Waals surface area contributed by atoms with Crippen LogP contribution in [-0.2, 0) is 16.0 Å². The molecule has 1 aromatic rings. The van der Waals surface area contributed by atoms with Crippen molar-refractivity contribution in [1.82, 2.24) is 19.7 Å². The van der Waals surface area contributed by atoms with E-state index in [-0.39, 0.29) is 12.6 Å². The van der Waals surface area contributed by atoms with Gasteiger partial charge in [0, 0.05) is 19.4 Å². The van der Waals surface area contributed by atoms with Gasteiger partial charge in [0.25, 0.3) is 6.23 Å². The summed E-state index contributed by atoms with van der Waals surface area (Å²) in [4.78, 5) is 14.5. The van der Waals surface area contributed by atoms with E-state index in [2.05, 4.69) is 35.9 Å². The molecule has 0 spiro atoms. The van der Waals surface area contributed by atoms with Crippen LogP contribution in [0.25, 0.3) is 0 Å². The van der Waals surface area contributed by atoms with Gasteiger partial charge in [0.15, 0.2) is 0 Å². The van der Waals surface area contributed by atoms with Crippen molar-refractivity contribution in [2.24, 2.45) is 0 Å². The number of esters is 1.